The molecule has 0 aliphatic heterocycles. The van der Waals surface area contributed by atoms with Gasteiger partial charge in [-0.2, -0.15) is 0 Å². The van der Waals surface area contributed by atoms with Crippen molar-refractivity contribution in [3.8, 4) is 6.07 Å². The average Bonchev–Trinajstić information content (AvgIpc) is 2.25. The van der Waals surface area contributed by atoms with E-state index in [-0.39, 0.29) is 5.69 Å². The number of hydrogen-bond donors (Lipinski definition) is 0. The normalized spacial score (nSPS) is 10.6. The van der Waals surface area contributed by atoms with Crippen LogP contribution in [0.15, 0.2) is 23.1 Å². The molecule has 0 radical (unpaired) electrons. The Labute approximate surface area is 98.6 Å². The Bertz CT molecular complexity index is 475. The standard InChI is InChI=1S/C11H11AsN2O2/c1-12(2)6-5-9-7-11(14(15)16)4-3-10(9)8-13/h3-7H,1-2H3/b6-5+. The van der Waals surface area contributed by atoms with Gasteiger partial charge in [-0.3, -0.25) is 0 Å². The van der Waals surface area contributed by atoms with Gasteiger partial charge in [0.1, 0.15) is 0 Å². The molecule has 0 saturated heterocycles. The van der Waals surface area contributed by atoms with E-state index in [1.807, 2.05) is 17.0 Å². The molecule has 0 spiro atoms. The number of rotatable bonds is 3. The number of nitro benzene ring substituents is 1. The van der Waals surface area contributed by atoms with Crippen LogP contribution in [0.1, 0.15) is 11.1 Å². The first-order valence-corrected chi connectivity index (χ1v) is 9.41. The first kappa shape index (κ1) is 12.5. The van der Waals surface area contributed by atoms with Crippen molar-refractivity contribution >= 4 is 26.4 Å². The van der Waals surface area contributed by atoms with Crippen LogP contribution < -0.4 is 0 Å². The van der Waals surface area contributed by atoms with Gasteiger partial charge in [-0.1, -0.05) is 0 Å². The summed E-state index contributed by atoms with van der Waals surface area (Å²) in [6.45, 7) is 0. The van der Waals surface area contributed by atoms with Crippen LogP contribution in [0.5, 0.6) is 0 Å². The number of benzene rings is 1. The molecule has 0 heterocycles. The number of non-ortho nitro benzene ring substituents is 1. The van der Waals surface area contributed by atoms with Crippen molar-refractivity contribution in [1.82, 2.24) is 0 Å². The molecule has 1 aromatic rings. The minimum atomic E-state index is -0.933. The zero-order valence-electron chi connectivity index (χ0n) is 9.04. The van der Waals surface area contributed by atoms with Gasteiger partial charge in [0, 0.05) is 0 Å². The van der Waals surface area contributed by atoms with Crippen molar-refractivity contribution in [3.63, 3.8) is 0 Å². The van der Waals surface area contributed by atoms with E-state index in [0.29, 0.717) is 11.1 Å². The van der Waals surface area contributed by atoms with Gasteiger partial charge in [0.15, 0.2) is 0 Å². The van der Waals surface area contributed by atoms with Crippen LogP contribution in [-0.4, -0.2) is 19.6 Å². The molecule has 0 unspecified atom stereocenters. The van der Waals surface area contributed by atoms with Crippen LogP contribution >= 0.6 is 0 Å². The Morgan fingerprint density at radius 2 is 2.19 bits per heavy atom. The second-order valence-electron chi connectivity index (χ2n) is 3.42. The van der Waals surface area contributed by atoms with Gasteiger partial charge in [0.05, 0.1) is 0 Å². The predicted molar refractivity (Wildman–Crippen MR) is 64.3 cm³/mol. The van der Waals surface area contributed by atoms with Crippen molar-refractivity contribution < 1.29 is 4.92 Å². The van der Waals surface area contributed by atoms with Crippen molar-refractivity contribution in [2.24, 2.45) is 0 Å². The number of nitrogens with zero attached hydrogens (tertiary/aromatic N) is 2. The van der Waals surface area contributed by atoms with Crippen LogP contribution in [0.4, 0.5) is 5.69 Å². The van der Waals surface area contributed by atoms with Gasteiger partial charge in [0.25, 0.3) is 0 Å². The molecule has 1 rings (SSSR count). The molecule has 0 atom stereocenters. The number of nitro groups is 1. The summed E-state index contributed by atoms with van der Waals surface area (Å²) in [5, 5.41) is 19.5. The molecule has 0 fully saturated rings. The summed E-state index contributed by atoms with van der Waals surface area (Å²) in [7, 11) is 0. The van der Waals surface area contributed by atoms with Gasteiger partial charge in [-0.25, -0.2) is 0 Å². The first-order chi connectivity index (χ1) is 7.54. The van der Waals surface area contributed by atoms with Gasteiger partial charge in [-0.15, -0.1) is 0 Å². The average molecular weight is 278 g/mol. The van der Waals surface area contributed by atoms with Crippen molar-refractivity contribution in [2.45, 2.75) is 11.4 Å². The van der Waals surface area contributed by atoms with E-state index in [4.69, 9.17) is 5.26 Å². The van der Waals surface area contributed by atoms with Gasteiger partial charge in [-0.05, 0) is 0 Å². The predicted octanol–water partition coefficient (Wildman–Crippen LogP) is 2.77. The molecule has 0 saturated carbocycles. The summed E-state index contributed by atoms with van der Waals surface area (Å²) in [4.78, 5) is 12.2. The van der Waals surface area contributed by atoms with Crippen LogP contribution in [0.25, 0.3) is 6.08 Å². The Balaban J connectivity index is 3.18. The van der Waals surface area contributed by atoms with Crippen molar-refractivity contribution in [3.05, 3.63) is 44.3 Å². The molecule has 5 heteroatoms. The van der Waals surface area contributed by atoms with E-state index < -0.39 is 19.6 Å². The Hall–Kier alpha value is -1.59. The van der Waals surface area contributed by atoms with Gasteiger partial charge >= 0.3 is 98.4 Å². The summed E-state index contributed by atoms with van der Waals surface area (Å²) in [5.74, 6) is 0. The third kappa shape index (κ3) is 3.22. The zero-order chi connectivity index (χ0) is 12.1. The maximum atomic E-state index is 10.6. The van der Waals surface area contributed by atoms with Gasteiger partial charge in [0.2, 0.25) is 0 Å². The van der Waals surface area contributed by atoms with E-state index in [1.165, 1.54) is 18.2 Å². The quantitative estimate of drug-likeness (QED) is 0.485. The van der Waals surface area contributed by atoms with Crippen molar-refractivity contribution in [1.29, 1.82) is 5.26 Å². The van der Waals surface area contributed by atoms with E-state index in [2.05, 4.69) is 11.4 Å². The SMILES string of the molecule is C[As](C)/C=C/c1cc([N+](=O)[O-])ccc1C#N. The summed E-state index contributed by atoms with van der Waals surface area (Å²) in [6, 6.07) is 6.30. The van der Waals surface area contributed by atoms with Crippen LogP contribution in [0, 0.1) is 21.4 Å². The third-order valence-corrected chi connectivity index (χ3v) is 3.48. The minimum absolute atomic E-state index is 0.0184. The molecule has 82 valence electrons. The molecule has 0 aromatic heterocycles. The molecule has 4 nitrogen and oxygen atoms in total. The topological polar surface area (TPSA) is 66.9 Å². The Morgan fingerprint density at radius 1 is 1.50 bits per heavy atom. The fourth-order valence-corrected chi connectivity index (χ4v) is 2.10. The van der Waals surface area contributed by atoms with Crippen LogP contribution in [0.2, 0.25) is 11.4 Å². The summed E-state index contributed by atoms with van der Waals surface area (Å²) in [5.41, 5.74) is 5.40. The van der Waals surface area contributed by atoms with E-state index in [9.17, 15) is 10.1 Å². The molecule has 1 aromatic carbocycles. The molecular weight excluding hydrogens is 267 g/mol. The molecule has 0 aliphatic rings. The monoisotopic (exact) mass is 278 g/mol. The van der Waals surface area contributed by atoms with E-state index in [1.54, 1.807) is 0 Å². The molecular formula is C11H11AsN2O2. The Morgan fingerprint density at radius 3 is 2.69 bits per heavy atom. The fraction of sp³-hybridized carbons (Fsp3) is 0.182. The number of nitriles is 1. The van der Waals surface area contributed by atoms with Gasteiger partial charge < -0.3 is 0 Å². The van der Waals surface area contributed by atoms with E-state index >= 15 is 0 Å². The summed E-state index contributed by atoms with van der Waals surface area (Å²) in [6.07, 6.45) is 1.81. The maximum absolute atomic E-state index is 10.6. The third-order valence-electron chi connectivity index (χ3n) is 1.92. The van der Waals surface area contributed by atoms with Crippen LogP contribution in [-0.2, 0) is 0 Å². The Kier molecular flexibility index (Phi) is 4.27. The van der Waals surface area contributed by atoms with Crippen LogP contribution in [0.3, 0.4) is 0 Å². The second-order valence-corrected chi connectivity index (χ2v) is 8.09. The van der Waals surface area contributed by atoms with Crippen molar-refractivity contribution in [2.75, 3.05) is 0 Å². The molecule has 0 aliphatic carbocycles. The summed E-state index contributed by atoms with van der Waals surface area (Å²) < 4.78 is 0. The molecule has 0 amide bonds. The molecule has 0 bridgehead atoms. The fourth-order valence-electron chi connectivity index (χ4n) is 1.13. The second kappa shape index (κ2) is 5.48. The zero-order valence-corrected chi connectivity index (χ0v) is 10.9. The summed E-state index contributed by atoms with van der Waals surface area (Å²) >= 11 is -0.933. The number of hydrogen-bond acceptors (Lipinski definition) is 3. The molecule has 0 N–H and O–H groups in total. The molecule has 16 heavy (non-hydrogen) atoms. The first-order valence-electron chi connectivity index (χ1n) is 4.58. The van der Waals surface area contributed by atoms with E-state index in [0.717, 1.165) is 0 Å².